The summed E-state index contributed by atoms with van der Waals surface area (Å²) >= 11 is 6.66. The number of carbonyl (C=O) groups excluding carboxylic acids is 1. The van der Waals surface area contributed by atoms with Gasteiger partial charge in [-0.05, 0) is 48.4 Å². The molecule has 6 heteroatoms. The maximum Gasteiger partial charge on any atom is 0.266 e. The Morgan fingerprint density at radius 2 is 1.96 bits per heavy atom. The highest BCUT2D eigenvalue weighted by molar-refractivity contribution is 8.26. The van der Waals surface area contributed by atoms with Crippen molar-refractivity contribution < 1.29 is 13.9 Å². The summed E-state index contributed by atoms with van der Waals surface area (Å²) in [5.74, 6) is 0.398. The topological polar surface area (TPSA) is 29.5 Å². The third-order valence-corrected chi connectivity index (χ3v) is 5.82. The summed E-state index contributed by atoms with van der Waals surface area (Å²) in [6.07, 6.45) is 3.74. The van der Waals surface area contributed by atoms with Crippen molar-refractivity contribution in [1.82, 2.24) is 4.90 Å². The minimum Gasteiger partial charge on any atom is -0.485 e. The van der Waals surface area contributed by atoms with Crippen molar-refractivity contribution >= 4 is 40.3 Å². The number of hydrogen-bond acceptors (Lipinski definition) is 4. The maximum atomic E-state index is 13.1. The van der Waals surface area contributed by atoms with Gasteiger partial charge in [0.2, 0.25) is 0 Å². The largest absolute Gasteiger partial charge is 0.485 e. The minimum absolute atomic E-state index is 0.138. The lowest BCUT2D eigenvalue weighted by atomic mass is 10.0. The molecule has 2 heterocycles. The molecule has 0 spiro atoms. The van der Waals surface area contributed by atoms with Gasteiger partial charge < -0.3 is 4.74 Å². The first-order valence-electron chi connectivity index (χ1n) is 8.48. The molecule has 0 aromatic heterocycles. The predicted octanol–water partition coefficient (Wildman–Crippen LogP) is 4.93. The number of thioether (sulfide) groups is 1. The van der Waals surface area contributed by atoms with Gasteiger partial charge in [-0.3, -0.25) is 9.69 Å². The Balaban J connectivity index is 1.58. The van der Waals surface area contributed by atoms with Crippen LogP contribution in [0.25, 0.3) is 6.08 Å². The van der Waals surface area contributed by atoms with Gasteiger partial charge in [0.1, 0.15) is 22.0 Å². The van der Waals surface area contributed by atoms with E-state index in [4.69, 9.17) is 17.0 Å². The van der Waals surface area contributed by atoms with E-state index in [0.29, 0.717) is 15.8 Å². The predicted molar refractivity (Wildman–Crippen MR) is 110 cm³/mol. The second-order valence-corrected chi connectivity index (χ2v) is 8.01. The van der Waals surface area contributed by atoms with E-state index in [1.165, 1.54) is 23.9 Å². The molecule has 0 radical (unpaired) electrons. The van der Waals surface area contributed by atoms with Crippen LogP contribution in [-0.2, 0) is 11.3 Å². The molecule has 1 atom stereocenters. The molecule has 4 rings (SSSR count). The van der Waals surface area contributed by atoms with Gasteiger partial charge in [-0.25, -0.2) is 4.39 Å². The summed E-state index contributed by atoms with van der Waals surface area (Å²) in [6, 6.07) is 13.9. The van der Waals surface area contributed by atoms with Gasteiger partial charge >= 0.3 is 0 Å². The standard InChI is InChI=1S/C21H16FNO2S2/c1-13-16(10-15-4-2-3-5-18(15)25-13)11-19-20(24)23(21(26)27-19)12-14-6-8-17(22)9-7-14/h2-11,13H,12H2,1H3/b19-11-. The molecule has 1 amide bonds. The smallest absolute Gasteiger partial charge is 0.266 e. The zero-order valence-electron chi connectivity index (χ0n) is 14.5. The number of benzene rings is 2. The van der Waals surface area contributed by atoms with Crippen LogP contribution in [0.5, 0.6) is 5.75 Å². The number of hydrogen-bond donors (Lipinski definition) is 0. The van der Waals surface area contributed by atoms with E-state index in [0.717, 1.165) is 22.4 Å². The molecule has 2 aromatic rings. The summed E-state index contributed by atoms with van der Waals surface area (Å²) in [5.41, 5.74) is 2.75. The Hall–Kier alpha value is -2.44. The van der Waals surface area contributed by atoms with E-state index in [1.807, 2.05) is 43.3 Å². The van der Waals surface area contributed by atoms with E-state index >= 15 is 0 Å². The van der Waals surface area contributed by atoms with Crippen molar-refractivity contribution in [3.05, 3.63) is 82.0 Å². The molecule has 136 valence electrons. The van der Waals surface area contributed by atoms with Gasteiger partial charge in [-0.1, -0.05) is 54.3 Å². The third kappa shape index (κ3) is 3.68. The van der Waals surface area contributed by atoms with Crippen molar-refractivity contribution in [3.8, 4) is 5.75 Å². The number of para-hydroxylation sites is 1. The number of thiocarbonyl (C=S) groups is 1. The molecule has 3 nitrogen and oxygen atoms in total. The Morgan fingerprint density at radius 3 is 2.74 bits per heavy atom. The van der Waals surface area contributed by atoms with Crippen molar-refractivity contribution in [2.45, 2.75) is 19.6 Å². The molecule has 1 fully saturated rings. The zero-order valence-corrected chi connectivity index (χ0v) is 16.1. The van der Waals surface area contributed by atoms with Gasteiger partial charge in [0, 0.05) is 5.56 Å². The van der Waals surface area contributed by atoms with Crippen molar-refractivity contribution in [2.75, 3.05) is 0 Å². The van der Waals surface area contributed by atoms with E-state index in [9.17, 15) is 9.18 Å². The Bertz CT molecular complexity index is 982. The SMILES string of the molecule is CC1Oc2ccccc2C=C1/C=C1\SC(=S)N(Cc2ccc(F)cc2)C1=O. The van der Waals surface area contributed by atoms with Crippen LogP contribution in [-0.4, -0.2) is 21.2 Å². The minimum atomic E-state index is -0.303. The van der Waals surface area contributed by atoms with Crippen molar-refractivity contribution in [3.63, 3.8) is 0 Å². The molecule has 2 aliphatic heterocycles. The van der Waals surface area contributed by atoms with Crippen LogP contribution >= 0.6 is 24.0 Å². The summed E-state index contributed by atoms with van der Waals surface area (Å²) < 4.78 is 19.5. The molecule has 2 aromatic carbocycles. The van der Waals surface area contributed by atoms with Gasteiger partial charge in [-0.15, -0.1) is 0 Å². The lowest BCUT2D eigenvalue weighted by Crippen LogP contribution is -2.27. The summed E-state index contributed by atoms with van der Waals surface area (Å²) in [7, 11) is 0. The van der Waals surface area contributed by atoms with Crippen LogP contribution in [0.4, 0.5) is 4.39 Å². The fraction of sp³-hybridized carbons (Fsp3) is 0.143. The van der Waals surface area contributed by atoms with Gasteiger partial charge in [0.25, 0.3) is 5.91 Å². The molecular weight excluding hydrogens is 381 g/mol. The number of carbonyl (C=O) groups is 1. The lowest BCUT2D eigenvalue weighted by molar-refractivity contribution is -0.122. The van der Waals surface area contributed by atoms with Crippen LogP contribution in [0, 0.1) is 5.82 Å². The average Bonchev–Trinajstić information content (AvgIpc) is 2.91. The molecule has 0 saturated carbocycles. The number of fused-ring (bicyclic) bond motifs is 1. The maximum absolute atomic E-state index is 13.1. The Labute approximate surface area is 166 Å². The van der Waals surface area contributed by atoms with Crippen molar-refractivity contribution in [1.29, 1.82) is 0 Å². The zero-order chi connectivity index (χ0) is 19.0. The number of ether oxygens (including phenoxy) is 1. The second kappa shape index (κ2) is 7.29. The highest BCUT2D eigenvalue weighted by Gasteiger charge is 2.33. The number of halogens is 1. The summed E-state index contributed by atoms with van der Waals surface area (Å²) in [6.45, 7) is 2.29. The van der Waals surface area contributed by atoms with Crippen molar-refractivity contribution in [2.24, 2.45) is 0 Å². The third-order valence-electron chi connectivity index (χ3n) is 4.44. The first-order chi connectivity index (χ1) is 13.0. The lowest BCUT2D eigenvalue weighted by Gasteiger charge is -2.23. The molecule has 1 unspecified atom stereocenters. The van der Waals surface area contributed by atoms with E-state index in [1.54, 1.807) is 17.0 Å². The Kier molecular flexibility index (Phi) is 4.85. The van der Waals surface area contributed by atoms with E-state index in [2.05, 4.69) is 0 Å². The molecular formula is C21H16FNO2S2. The summed E-state index contributed by atoms with van der Waals surface area (Å²) in [4.78, 5) is 14.9. The van der Waals surface area contributed by atoms with Crippen LogP contribution in [0.2, 0.25) is 0 Å². The highest BCUT2D eigenvalue weighted by Crippen LogP contribution is 2.36. The van der Waals surface area contributed by atoms with Crippen LogP contribution in [0.3, 0.4) is 0 Å². The number of rotatable bonds is 3. The van der Waals surface area contributed by atoms with E-state index in [-0.39, 0.29) is 17.8 Å². The number of nitrogens with zero attached hydrogens (tertiary/aromatic N) is 1. The quantitative estimate of drug-likeness (QED) is 0.542. The average molecular weight is 397 g/mol. The molecule has 27 heavy (non-hydrogen) atoms. The normalized spacial score (nSPS) is 20.5. The van der Waals surface area contributed by atoms with Crippen LogP contribution in [0.1, 0.15) is 18.1 Å². The van der Waals surface area contributed by atoms with Crippen LogP contribution < -0.4 is 4.74 Å². The fourth-order valence-corrected chi connectivity index (χ4v) is 4.24. The first kappa shape index (κ1) is 17.9. The monoisotopic (exact) mass is 397 g/mol. The van der Waals surface area contributed by atoms with Crippen LogP contribution in [0.15, 0.2) is 65.1 Å². The molecule has 0 N–H and O–H groups in total. The molecule has 0 aliphatic carbocycles. The van der Waals surface area contributed by atoms with Gasteiger partial charge in [-0.2, -0.15) is 0 Å². The fourth-order valence-electron chi connectivity index (χ4n) is 2.98. The van der Waals surface area contributed by atoms with Gasteiger partial charge in [0.05, 0.1) is 11.4 Å². The summed E-state index contributed by atoms with van der Waals surface area (Å²) in [5, 5.41) is 0. The number of amides is 1. The first-order valence-corrected chi connectivity index (χ1v) is 9.71. The molecule has 0 bridgehead atoms. The van der Waals surface area contributed by atoms with Gasteiger partial charge in [0.15, 0.2) is 0 Å². The molecule has 1 saturated heterocycles. The highest BCUT2D eigenvalue weighted by atomic mass is 32.2. The molecule has 2 aliphatic rings. The second-order valence-electron chi connectivity index (χ2n) is 6.34. The Morgan fingerprint density at radius 1 is 1.22 bits per heavy atom. The van der Waals surface area contributed by atoms with E-state index < -0.39 is 0 Å².